The summed E-state index contributed by atoms with van der Waals surface area (Å²) in [6, 6.07) is 21.8. The summed E-state index contributed by atoms with van der Waals surface area (Å²) in [4.78, 5) is 24.2. The molecule has 0 aliphatic rings. The van der Waals surface area contributed by atoms with Gasteiger partial charge in [0.05, 0.1) is 0 Å². The van der Waals surface area contributed by atoms with Crippen molar-refractivity contribution in [2.45, 2.75) is 161 Å². The molecule has 0 saturated carbocycles. The molecule has 48 heavy (non-hydrogen) atoms. The number of unbranched alkanes of at least 4 members (excludes halogenated alkanes) is 14. The Morgan fingerprint density at radius 2 is 1.08 bits per heavy atom. The zero-order valence-electron chi connectivity index (χ0n) is 31.1. The van der Waals surface area contributed by atoms with Crippen molar-refractivity contribution in [2.75, 3.05) is 13.2 Å². The molecule has 0 fully saturated rings. The molecule has 268 valence electrons. The van der Waals surface area contributed by atoms with Crippen LogP contribution in [0.25, 0.3) is 0 Å². The predicted octanol–water partition coefficient (Wildman–Crippen LogP) is 11.1. The SMILES string of the molecule is CCCCCCC=CCOC(=O)CCCCCCCCC(=O)CCCCCCCCO[Si](c1ccccc1)(c1ccccc1)C(C)(C)C. The number of benzene rings is 2. The molecule has 0 aliphatic carbocycles. The molecular weight excluding hydrogens is 609 g/mol. The number of carbonyl (C=O) groups is 2. The van der Waals surface area contributed by atoms with E-state index in [4.69, 9.17) is 9.16 Å². The Bertz CT molecular complexity index is 1080. The smallest absolute Gasteiger partial charge is 0.306 e. The summed E-state index contributed by atoms with van der Waals surface area (Å²) < 4.78 is 12.3. The standard InChI is InChI=1S/C43H68O4Si/c1-5-6-7-8-12-17-28-37-46-42(45)36-27-16-10-9-14-21-30-39(44)31-22-15-11-13-18-29-38-47-48(43(2,3)4,40-32-23-19-24-33-40)41-34-25-20-26-35-41/h17,19-20,23-26,28,32-35H,5-16,18,21-22,27,29-31,36-38H2,1-4H3. The number of ether oxygens (including phenoxy) is 1. The molecule has 0 heterocycles. The summed E-state index contributed by atoms with van der Waals surface area (Å²) in [5.41, 5.74) is 0. The molecule has 0 amide bonds. The van der Waals surface area contributed by atoms with Gasteiger partial charge in [-0.1, -0.05) is 171 Å². The fraction of sp³-hybridized carbons (Fsp3) is 0.628. The van der Waals surface area contributed by atoms with Crippen LogP contribution in [0, 0.1) is 0 Å². The van der Waals surface area contributed by atoms with Crippen molar-refractivity contribution in [1.29, 1.82) is 0 Å². The Hall–Kier alpha value is -2.50. The maximum atomic E-state index is 12.4. The molecule has 0 aromatic heterocycles. The molecule has 0 atom stereocenters. The molecule has 2 aromatic carbocycles. The molecule has 5 heteroatoms. The lowest BCUT2D eigenvalue weighted by molar-refractivity contribution is -0.142. The van der Waals surface area contributed by atoms with Crippen LogP contribution in [-0.2, 0) is 18.8 Å². The fourth-order valence-electron chi connectivity index (χ4n) is 6.63. The average Bonchev–Trinajstić information content (AvgIpc) is 3.08. The summed E-state index contributed by atoms with van der Waals surface area (Å²) >= 11 is 0. The van der Waals surface area contributed by atoms with Gasteiger partial charge in [-0.05, 0) is 53.9 Å². The van der Waals surface area contributed by atoms with E-state index in [1.807, 2.05) is 6.08 Å². The van der Waals surface area contributed by atoms with E-state index in [0.29, 0.717) is 18.8 Å². The molecular formula is C43H68O4Si. The number of allylic oxidation sites excluding steroid dienone is 1. The van der Waals surface area contributed by atoms with Gasteiger partial charge in [0.25, 0.3) is 8.32 Å². The van der Waals surface area contributed by atoms with Gasteiger partial charge in [-0.15, -0.1) is 0 Å². The number of Topliss-reactive ketones (excluding diaryl/α,β-unsaturated/α-hetero) is 1. The van der Waals surface area contributed by atoms with E-state index in [1.54, 1.807) is 0 Å². The van der Waals surface area contributed by atoms with Crippen molar-refractivity contribution in [3.8, 4) is 0 Å². The Morgan fingerprint density at radius 3 is 1.60 bits per heavy atom. The summed E-state index contributed by atoms with van der Waals surface area (Å²) in [5, 5.41) is 2.70. The van der Waals surface area contributed by atoms with E-state index in [9.17, 15) is 9.59 Å². The van der Waals surface area contributed by atoms with E-state index in [-0.39, 0.29) is 11.0 Å². The van der Waals surface area contributed by atoms with Gasteiger partial charge >= 0.3 is 5.97 Å². The van der Waals surface area contributed by atoms with Crippen molar-refractivity contribution in [1.82, 2.24) is 0 Å². The molecule has 0 N–H and O–H groups in total. The lowest BCUT2D eigenvalue weighted by Crippen LogP contribution is -2.66. The van der Waals surface area contributed by atoms with Crippen LogP contribution in [0.3, 0.4) is 0 Å². The van der Waals surface area contributed by atoms with E-state index < -0.39 is 8.32 Å². The Morgan fingerprint density at radius 1 is 0.604 bits per heavy atom. The Balaban J connectivity index is 1.47. The molecule has 2 rings (SSSR count). The van der Waals surface area contributed by atoms with E-state index in [0.717, 1.165) is 83.7 Å². The Labute approximate surface area is 295 Å². The topological polar surface area (TPSA) is 52.6 Å². The van der Waals surface area contributed by atoms with Gasteiger partial charge in [-0.25, -0.2) is 0 Å². The minimum atomic E-state index is -2.44. The van der Waals surface area contributed by atoms with Crippen molar-refractivity contribution >= 4 is 30.4 Å². The van der Waals surface area contributed by atoms with E-state index in [1.165, 1.54) is 55.3 Å². The van der Waals surface area contributed by atoms with Crippen LogP contribution in [0.15, 0.2) is 72.8 Å². The highest BCUT2D eigenvalue weighted by atomic mass is 28.4. The number of ketones is 1. The lowest BCUT2D eigenvalue weighted by atomic mass is 10.0. The fourth-order valence-corrected chi connectivity index (χ4v) is 11.2. The first-order chi connectivity index (χ1) is 23.3. The minimum Gasteiger partial charge on any atom is -0.461 e. The molecule has 0 spiro atoms. The van der Waals surface area contributed by atoms with Crippen LogP contribution < -0.4 is 10.4 Å². The molecule has 0 radical (unpaired) electrons. The molecule has 4 nitrogen and oxygen atoms in total. The molecule has 2 aromatic rings. The maximum Gasteiger partial charge on any atom is 0.306 e. The van der Waals surface area contributed by atoms with Crippen LogP contribution in [0.2, 0.25) is 5.04 Å². The average molecular weight is 677 g/mol. The second kappa shape index (κ2) is 25.5. The van der Waals surface area contributed by atoms with Gasteiger partial charge in [0.1, 0.15) is 12.4 Å². The number of hydrogen-bond donors (Lipinski definition) is 0. The first-order valence-corrected chi connectivity index (χ1v) is 21.3. The van der Waals surface area contributed by atoms with Crippen molar-refractivity contribution in [3.05, 3.63) is 72.8 Å². The predicted molar refractivity (Wildman–Crippen MR) is 207 cm³/mol. The van der Waals surface area contributed by atoms with Gasteiger partial charge in [-0.2, -0.15) is 0 Å². The summed E-state index contributed by atoms with van der Waals surface area (Å²) in [6.45, 7) is 10.4. The normalized spacial score (nSPS) is 12.1. The zero-order chi connectivity index (χ0) is 34.8. The lowest BCUT2D eigenvalue weighted by Gasteiger charge is -2.43. The molecule has 0 aliphatic heterocycles. The second-order valence-electron chi connectivity index (χ2n) is 14.5. The monoisotopic (exact) mass is 676 g/mol. The Kier molecular flexibility index (Phi) is 22.1. The van der Waals surface area contributed by atoms with Gasteiger partial charge in [0, 0.05) is 25.9 Å². The number of rotatable bonds is 28. The van der Waals surface area contributed by atoms with Crippen LogP contribution >= 0.6 is 0 Å². The van der Waals surface area contributed by atoms with Crippen LogP contribution in [0.4, 0.5) is 0 Å². The number of hydrogen-bond acceptors (Lipinski definition) is 4. The van der Waals surface area contributed by atoms with Gasteiger partial charge in [-0.3, -0.25) is 9.59 Å². The number of esters is 1. The third kappa shape index (κ3) is 16.7. The molecule has 0 bridgehead atoms. The van der Waals surface area contributed by atoms with Gasteiger partial charge in [0.15, 0.2) is 0 Å². The van der Waals surface area contributed by atoms with Crippen molar-refractivity contribution < 1.29 is 18.8 Å². The highest BCUT2D eigenvalue weighted by Gasteiger charge is 2.49. The third-order valence-electron chi connectivity index (χ3n) is 9.40. The quantitative estimate of drug-likeness (QED) is 0.0389. The first kappa shape index (κ1) is 41.7. The highest BCUT2D eigenvalue weighted by Crippen LogP contribution is 2.36. The van der Waals surface area contributed by atoms with Gasteiger partial charge in [0.2, 0.25) is 0 Å². The van der Waals surface area contributed by atoms with Crippen molar-refractivity contribution in [2.24, 2.45) is 0 Å². The maximum absolute atomic E-state index is 12.4. The largest absolute Gasteiger partial charge is 0.461 e. The minimum absolute atomic E-state index is 0.0178. The van der Waals surface area contributed by atoms with Crippen LogP contribution in [0.1, 0.15) is 156 Å². The summed E-state index contributed by atoms with van der Waals surface area (Å²) in [5.74, 6) is 0.336. The van der Waals surface area contributed by atoms with Crippen LogP contribution in [-0.4, -0.2) is 33.3 Å². The van der Waals surface area contributed by atoms with Crippen LogP contribution in [0.5, 0.6) is 0 Å². The summed E-state index contributed by atoms with van der Waals surface area (Å²) in [7, 11) is -2.44. The van der Waals surface area contributed by atoms with Crippen molar-refractivity contribution in [3.63, 3.8) is 0 Å². The van der Waals surface area contributed by atoms with E-state index >= 15 is 0 Å². The molecule has 0 saturated heterocycles. The zero-order valence-corrected chi connectivity index (χ0v) is 32.1. The van der Waals surface area contributed by atoms with E-state index in [2.05, 4.69) is 94.4 Å². The number of carbonyl (C=O) groups excluding carboxylic acids is 2. The molecule has 0 unspecified atom stereocenters. The first-order valence-electron chi connectivity index (χ1n) is 19.4. The third-order valence-corrected chi connectivity index (χ3v) is 14.4. The van der Waals surface area contributed by atoms with Gasteiger partial charge < -0.3 is 9.16 Å². The second-order valence-corrected chi connectivity index (χ2v) is 18.9. The summed E-state index contributed by atoms with van der Waals surface area (Å²) in [6.07, 6.45) is 25.3. The highest BCUT2D eigenvalue weighted by molar-refractivity contribution is 6.99.